The number of amides is 1. The highest BCUT2D eigenvalue weighted by molar-refractivity contribution is 7.89. The van der Waals surface area contributed by atoms with Crippen LogP contribution in [0.15, 0.2) is 30.3 Å². The van der Waals surface area contributed by atoms with Crippen molar-refractivity contribution in [1.82, 2.24) is 9.62 Å². The van der Waals surface area contributed by atoms with Crippen molar-refractivity contribution in [2.75, 3.05) is 39.1 Å². The van der Waals surface area contributed by atoms with Gasteiger partial charge in [0.25, 0.3) is 0 Å². The van der Waals surface area contributed by atoms with Gasteiger partial charge >= 0.3 is 0 Å². The molecule has 0 aromatic heterocycles. The minimum Gasteiger partial charge on any atom is -0.384 e. The molecule has 1 heterocycles. The number of carbonyl (C=O) groups is 1. The van der Waals surface area contributed by atoms with Crippen LogP contribution >= 0.6 is 0 Å². The molecule has 0 saturated carbocycles. The third-order valence-electron chi connectivity index (χ3n) is 4.32. The van der Waals surface area contributed by atoms with Gasteiger partial charge in [-0.2, -0.15) is 0 Å². The Bertz CT molecular complexity index is 611. The van der Waals surface area contributed by atoms with E-state index < -0.39 is 10.0 Å². The van der Waals surface area contributed by atoms with Crippen molar-refractivity contribution in [3.05, 3.63) is 35.9 Å². The van der Waals surface area contributed by atoms with Crippen molar-refractivity contribution in [3.63, 3.8) is 0 Å². The van der Waals surface area contributed by atoms with Crippen LogP contribution in [0, 0.1) is 5.92 Å². The smallest absolute Gasteiger partial charge is 0.223 e. The van der Waals surface area contributed by atoms with Crippen molar-refractivity contribution in [2.45, 2.75) is 19.3 Å². The summed E-state index contributed by atoms with van der Waals surface area (Å²) in [4.78, 5) is 12.2. The lowest BCUT2D eigenvalue weighted by molar-refractivity contribution is -0.126. The molecule has 1 amide bonds. The third-order valence-corrected chi connectivity index (χ3v) is 6.15. The Morgan fingerprint density at radius 3 is 2.54 bits per heavy atom. The first-order valence-electron chi connectivity index (χ1n) is 8.31. The van der Waals surface area contributed by atoms with Gasteiger partial charge in [0.15, 0.2) is 0 Å². The lowest BCUT2D eigenvalue weighted by Crippen LogP contribution is -2.44. The molecule has 134 valence electrons. The molecule has 1 saturated heterocycles. The Morgan fingerprint density at radius 1 is 1.25 bits per heavy atom. The number of piperidine rings is 1. The molecule has 1 aromatic carbocycles. The van der Waals surface area contributed by atoms with E-state index in [2.05, 4.69) is 5.32 Å². The summed E-state index contributed by atoms with van der Waals surface area (Å²) in [6, 6.07) is 10.0. The zero-order chi connectivity index (χ0) is 17.4. The predicted octanol–water partition coefficient (Wildman–Crippen LogP) is 1.03. The molecular formula is C17H26N2O4S. The van der Waals surface area contributed by atoms with Crippen LogP contribution < -0.4 is 5.32 Å². The second-order valence-corrected chi connectivity index (χ2v) is 8.10. The quantitative estimate of drug-likeness (QED) is 0.757. The Morgan fingerprint density at radius 2 is 1.92 bits per heavy atom. The second kappa shape index (κ2) is 9.15. The van der Waals surface area contributed by atoms with E-state index in [0.29, 0.717) is 32.5 Å². The van der Waals surface area contributed by atoms with E-state index >= 15 is 0 Å². The minimum absolute atomic E-state index is 0.00254. The van der Waals surface area contributed by atoms with Crippen LogP contribution in [0.5, 0.6) is 0 Å². The average Bonchev–Trinajstić information content (AvgIpc) is 2.61. The van der Waals surface area contributed by atoms with Crippen molar-refractivity contribution in [3.8, 4) is 0 Å². The molecule has 0 spiro atoms. The Kier molecular flexibility index (Phi) is 7.20. The number of benzene rings is 1. The van der Waals surface area contributed by atoms with E-state index in [1.807, 2.05) is 30.3 Å². The fraction of sp³-hybridized carbons (Fsp3) is 0.588. The summed E-state index contributed by atoms with van der Waals surface area (Å²) in [6.45, 7) is 1.61. The molecule has 7 heteroatoms. The lowest BCUT2D eigenvalue weighted by atomic mass is 9.97. The van der Waals surface area contributed by atoms with Gasteiger partial charge in [-0.1, -0.05) is 30.3 Å². The molecule has 2 rings (SSSR count). The zero-order valence-electron chi connectivity index (χ0n) is 14.1. The van der Waals surface area contributed by atoms with Gasteiger partial charge in [-0.3, -0.25) is 4.79 Å². The molecule has 1 aromatic rings. The Balaban J connectivity index is 1.72. The largest absolute Gasteiger partial charge is 0.384 e. The maximum Gasteiger partial charge on any atom is 0.223 e. The maximum atomic E-state index is 12.2. The highest BCUT2D eigenvalue weighted by Crippen LogP contribution is 2.20. The first-order chi connectivity index (χ1) is 11.5. The van der Waals surface area contributed by atoms with Gasteiger partial charge < -0.3 is 10.1 Å². The number of carbonyl (C=O) groups excluding carboxylic acids is 1. The summed E-state index contributed by atoms with van der Waals surface area (Å²) < 4.78 is 30.5. The molecule has 0 atom stereocenters. The van der Waals surface area contributed by atoms with Crippen molar-refractivity contribution in [1.29, 1.82) is 0 Å². The Labute approximate surface area is 144 Å². The van der Waals surface area contributed by atoms with Crippen molar-refractivity contribution < 1.29 is 17.9 Å². The standard InChI is InChI=1S/C17H26N2O4S/c1-23-13-14-24(21,22)19-11-8-16(9-12-19)17(20)18-10-7-15-5-3-2-4-6-15/h2-6,16H,7-14H2,1H3,(H,18,20). The van der Waals surface area contributed by atoms with Crippen molar-refractivity contribution in [2.24, 2.45) is 5.92 Å². The van der Waals surface area contributed by atoms with Gasteiger partial charge in [0.05, 0.1) is 12.4 Å². The van der Waals surface area contributed by atoms with Gasteiger partial charge in [-0.05, 0) is 24.8 Å². The van der Waals surface area contributed by atoms with Crippen LogP contribution in [0.4, 0.5) is 0 Å². The van der Waals surface area contributed by atoms with Gasteiger partial charge in [0.2, 0.25) is 15.9 Å². The van der Waals surface area contributed by atoms with E-state index in [1.165, 1.54) is 17.0 Å². The number of hydrogen-bond acceptors (Lipinski definition) is 4. The zero-order valence-corrected chi connectivity index (χ0v) is 14.9. The van der Waals surface area contributed by atoms with E-state index in [0.717, 1.165) is 6.42 Å². The van der Waals surface area contributed by atoms with Crippen LogP contribution in [-0.4, -0.2) is 57.7 Å². The number of methoxy groups -OCH3 is 1. The number of rotatable bonds is 8. The molecule has 0 radical (unpaired) electrons. The highest BCUT2D eigenvalue weighted by Gasteiger charge is 2.30. The molecule has 0 bridgehead atoms. The van der Waals surface area contributed by atoms with E-state index in [-0.39, 0.29) is 24.2 Å². The molecule has 24 heavy (non-hydrogen) atoms. The molecular weight excluding hydrogens is 328 g/mol. The van der Waals surface area contributed by atoms with E-state index in [1.54, 1.807) is 0 Å². The summed E-state index contributed by atoms with van der Waals surface area (Å²) in [5.41, 5.74) is 1.19. The minimum atomic E-state index is -3.27. The normalized spacial score (nSPS) is 16.9. The number of hydrogen-bond donors (Lipinski definition) is 1. The van der Waals surface area contributed by atoms with Gasteiger partial charge in [0, 0.05) is 32.7 Å². The Hall–Kier alpha value is -1.44. The highest BCUT2D eigenvalue weighted by atomic mass is 32.2. The first-order valence-corrected chi connectivity index (χ1v) is 9.92. The van der Waals surface area contributed by atoms with Crippen LogP contribution in [0.2, 0.25) is 0 Å². The van der Waals surface area contributed by atoms with E-state index in [4.69, 9.17) is 4.74 Å². The molecule has 1 N–H and O–H groups in total. The summed E-state index contributed by atoms with van der Waals surface area (Å²) in [7, 11) is -1.78. The van der Waals surface area contributed by atoms with Crippen molar-refractivity contribution >= 4 is 15.9 Å². The maximum absolute atomic E-state index is 12.2. The molecule has 1 fully saturated rings. The molecule has 6 nitrogen and oxygen atoms in total. The molecule has 1 aliphatic heterocycles. The molecule has 0 unspecified atom stereocenters. The SMILES string of the molecule is COCCS(=O)(=O)N1CCC(C(=O)NCCc2ccccc2)CC1. The lowest BCUT2D eigenvalue weighted by Gasteiger charge is -2.30. The molecule has 1 aliphatic rings. The van der Waals surface area contributed by atoms with Crippen LogP contribution in [-0.2, 0) is 26.0 Å². The number of sulfonamides is 1. The van der Waals surface area contributed by atoms with E-state index in [9.17, 15) is 13.2 Å². The van der Waals surface area contributed by atoms with Gasteiger partial charge in [-0.15, -0.1) is 0 Å². The fourth-order valence-corrected chi connectivity index (χ4v) is 4.24. The topological polar surface area (TPSA) is 75.7 Å². The van der Waals surface area contributed by atoms with Crippen LogP contribution in [0.3, 0.4) is 0 Å². The number of ether oxygens (including phenoxy) is 1. The number of nitrogens with zero attached hydrogens (tertiary/aromatic N) is 1. The predicted molar refractivity (Wildman–Crippen MR) is 93.1 cm³/mol. The van der Waals surface area contributed by atoms with Gasteiger partial charge in [0.1, 0.15) is 0 Å². The van der Waals surface area contributed by atoms with Crippen LogP contribution in [0.25, 0.3) is 0 Å². The monoisotopic (exact) mass is 354 g/mol. The third kappa shape index (κ3) is 5.58. The summed E-state index contributed by atoms with van der Waals surface area (Å²) in [5.74, 6) is -0.0771. The second-order valence-electron chi connectivity index (χ2n) is 6.01. The summed E-state index contributed by atoms with van der Waals surface area (Å²) >= 11 is 0. The average molecular weight is 354 g/mol. The number of nitrogens with one attached hydrogen (secondary N) is 1. The van der Waals surface area contributed by atoms with Gasteiger partial charge in [-0.25, -0.2) is 12.7 Å². The summed E-state index contributed by atoms with van der Waals surface area (Å²) in [6.07, 6.45) is 1.95. The fourth-order valence-electron chi connectivity index (χ4n) is 2.83. The first kappa shape index (κ1) is 18.9. The van der Waals surface area contributed by atoms with Crippen LogP contribution in [0.1, 0.15) is 18.4 Å². The summed E-state index contributed by atoms with van der Waals surface area (Å²) in [5, 5.41) is 2.96. The molecule has 0 aliphatic carbocycles.